The normalized spacial score (nSPS) is 16.1. The number of H-pyrrole nitrogens is 1. The Morgan fingerprint density at radius 3 is 2.60 bits per heavy atom. The van der Waals surface area contributed by atoms with Gasteiger partial charge in [0.25, 0.3) is 5.56 Å². The number of benzene rings is 1. The first-order valence-corrected chi connectivity index (χ1v) is 6.93. The average Bonchev–Trinajstić information content (AvgIpc) is 2.94. The summed E-state index contributed by atoms with van der Waals surface area (Å²) < 4.78 is 2.07. The number of para-hydroxylation sites is 2. The molecule has 3 aromatic rings. The van der Waals surface area contributed by atoms with E-state index in [0.29, 0.717) is 5.52 Å². The van der Waals surface area contributed by atoms with E-state index in [1.807, 2.05) is 36.4 Å². The molecule has 102 valence electrons. The van der Waals surface area contributed by atoms with Gasteiger partial charge in [0.05, 0.1) is 11.0 Å². The highest BCUT2D eigenvalue weighted by molar-refractivity contribution is 5.81. The van der Waals surface area contributed by atoms with Gasteiger partial charge in [-0.15, -0.1) is 0 Å². The molecule has 1 aliphatic rings. The Labute approximate surface area is 115 Å². The third-order valence-electron chi connectivity index (χ3n) is 3.93. The fourth-order valence-electron chi connectivity index (χ4n) is 2.96. The molecular formula is C15H16N4O. The van der Waals surface area contributed by atoms with Crippen molar-refractivity contribution in [3.05, 3.63) is 46.8 Å². The number of piperazine rings is 1. The zero-order valence-electron chi connectivity index (χ0n) is 11.1. The fourth-order valence-corrected chi connectivity index (χ4v) is 2.96. The van der Waals surface area contributed by atoms with Gasteiger partial charge in [-0.1, -0.05) is 12.1 Å². The SMILES string of the molecule is O=c1[nH]c2ccccc2n2c(N3CCNCC3)ccc12. The first-order valence-electron chi connectivity index (χ1n) is 6.93. The van der Waals surface area contributed by atoms with Crippen LogP contribution in [-0.4, -0.2) is 35.6 Å². The predicted octanol–water partition coefficient (Wildman–Crippen LogP) is 1.19. The van der Waals surface area contributed by atoms with Gasteiger partial charge in [0.1, 0.15) is 11.3 Å². The van der Waals surface area contributed by atoms with E-state index in [1.54, 1.807) is 0 Å². The monoisotopic (exact) mass is 268 g/mol. The first kappa shape index (κ1) is 11.5. The van der Waals surface area contributed by atoms with E-state index in [-0.39, 0.29) is 5.56 Å². The molecule has 0 radical (unpaired) electrons. The van der Waals surface area contributed by atoms with Gasteiger partial charge < -0.3 is 15.2 Å². The molecule has 3 heterocycles. The number of aromatic nitrogens is 2. The summed E-state index contributed by atoms with van der Waals surface area (Å²) >= 11 is 0. The largest absolute Gasteiger partial charge is 0.355 e. The quantitative estimate of drug-likeness (QED) is 0.697. The van der Waals surface area contributed by atoms with Crippen molar-refractivity contribution in [3.8, 4) is 0 Å². The predicted molar refractivity (Wildman–Crippen MR) is 80.6 cm³/mol. The number of nitrogens with one attached hydrogen (secondary N) is 2. The summed E-state index contributed by atoms with van der Waals surface area (Å²) in [5.74, 6) is 1.10. The van der Waals surface area contributed by atoms with Crippen LogP contribution in [0.4, 0.5) is 5.82 Å². The van der Waals surface area contributed by atoms with Crippen molar-refractivity contribution in [1.82, 2.24) is 14.7 Å². The first-order chi connectivity index (χ1) is 9.84. The molecule has 5 nitrogen and oxygen atoms in total. The highest BCUT2D eigenvalue weighted by atomic mass is 16.1. The summed E-state index contributed by atoms with van der Waals surface area (Å²) in [6, 6.07) is 11.9. The van der Waals surface area contributed by atoms with Gasteiger partial charge in [0.2, 0.25) is 0 Å². The van der Waals surface area contributed by atoms with Crippen molar-refractivity contribution in [2.45, 2.75) is 0 Å². The number of nitrogens with zero attached hydrogens (tertiary/aromatic N) is 2. The van der Waals surface area contributed by atoms with Crippen LogP contribution in [-0.2, 0) is 0 Å². The lowest BCUT2D eigenvalue weighted by molar-refractivity contribution is 0.584. The Kier molecular flexibility index (Phi) is 2.53. The van der Waals surface area contributed by atoms with E-state index in [0.717, 1.165) is 43.0 Å². The van der Waals surface area contributed by atoms with E-state index in [1.165, 1.54) is 0 Å². The smallest absolute Gasteiger partial charge is 0.272 e. The number of aromatic amines is 1. The Morgan fingerprint density at radius 2 is 1.75 bits per heavy atom. The van der Waals surface area contributed by atoms with Crippen LogP contribution in [0.25, 0.3) is 16.6 Å². The van der Waals surface area contributed by atoms with Crippen LogP contribution in [0.2, 0.25) is 0 Å². The summed E-state index contributed by atoms with van der Waals surface area (Å²) in [4.78, 5) is 17.5. The molecule has 5 heteroatoms. The third-order valence-corrected chi connectivity index (χ3v) is 3.93. The Morgan fingerprint density at radius 1 is 0.950 bits per heavy atom. The highest BCUT2D eigenvalue weighted by Gasteiger charge is 2.16. The zero-order chi connectivity index (χ0) is 13.5. The van der Waals surface area contributed by atoms with Gasteiger partial charge in [0.15, 0.2) is 0 Å². The molecule has 0 aliphatic carbocycles. The fraction of sp³-hybridized carbons (Fsp3) is 0.267. The molecule has 0 saturated carbocycles. The number of hydrogen-bond donors (Lipinski definition) is 2. The molecule has 0 unspecified atom stereocenters. The summed E-state index contributed by atoms with van der Waals surface area (Å²) in [7, 11) is 0. The second-order valence-electron chi connectivity index (χ2n) is 5.12. The topological polar surface area (TPSA) is 52.5 Å². The number of rotatable bonds is 1. The minimum Gasteiger partial charge on any atom is -0.355 e. The van der Waals surface area contributed by atoms with E-state index >= 15 is 0 Å². The van der Waals surface area contributed by atoms with Gasteiger partial charge in [0, 0.05) is 26.2 Å². The third kappa shape index (κ3) is 1.63. The van der Waals surface area contributed by atoms with Crippen molar-refractivity contribution < 1.29 is 0 Å². The van der Waals surface area contributed by atoms with Crippen LogP contribution < -0.4 is 15.8 Å². The number of hydrogen-bond acceptors (Lipinski definition) is 3. The van der Waals surface area contributed by atoms with E-state index < -0.39 is 0 Å². The van der Waals surface area contributed by atoms with Crippen LogP contribution in [0.1, 0.15) is 0 Å². The van der Waals surface area contributed by atoms with Crippen LogP contribution in [0.15, 0.2) is 41.2 Å². The van der Waals surface area contributed by atoms with E-state index in [2.05, 4.69) is 19.6 Å². The molecule has 2 aromatic heterocycles. The molecular weight excluding hydrogens is 252 g/mol. The molecule has 0 atom stereocenters. The number of anilines is 1. The van der Waals surface area contributed by atoms with Crippen molar-refractivity contribution >= 4 is 22.4 Å². The molecule has 0 spiro atoms. The molecule has 2 N–H and O–H groups in total. The van der Waals surface area contributed by atoms with Crippen LogP contribution in [0, 0.1) is 0 Å². The molecule has 0 bridgehead atoms. The summed E-state index contributed by atoms with van der Waals surface area (Å²) in [6.45, 7) is 3.89. The molecule has 1 saturated heterocycles. The Bertz CT molecular complexity index is 827. The van der Waals surface area contributed by atoms with Crippen molar-refractivity contribution in [2.24, 2.45) is 0 Å². The minimum atomic E-state index is -0.0370. The summed E-state index contributed by atoms with van der Waals surface area (Å²) in [5, 5.41) is 3.35. The molecule has 1 fully saturated rings. The van der Waals surface area contributed by atoms with Crippen LogP contribution in [0.3, 0.4) is 0 Å². The molecule has 0 amide bonds. The lowest BCUT2D eigenvalue weighted by Gasteiger charge is -2.29. The second kappa shape index (κ2) is 4.38. The second-order valence-corrected chi connectivity index (χ2v) is 5.12. The van der Waals surface area contributed by atoms with Crippen molar-refractivity contribution in [2.75, 3.05) is 31.1 Å². The minimum absolute atomic E-state index is 0.0370. The maximum absolute atomic E-state index is 12.2. The van der Waals surface area contributed by atoms with Gasteiger partial charge in [-0.3, -0.25) is 9.20 Å². The van der Waals surface area contributed by atoms with Gasteiger partial charge in [-0.05, 0) is 24.3 Å². The van der Waals surface area contributed by atoms with Crippen LogP contribution >= 0.6 is 0 Å². The van der Waals surface area contributed by atoms with E-state index in [9.17, 15) is 4.79 Å². The maximum atomic E-state index is 12.2. The summed E-state index contributed by atoms with van der Waals surface area (Å²) in [6.07, 6.45) is 0. The highest BCUT2D eigenvalue weighted by Crippen LogP contribution is 2.22. The van der Waals surface area contributed by atoms with Gasteiger partial charge >= 0.3 is 0 Å². The molecule has 1 aromatic carbocycles. The lowest BCUT2D eigenvalue weighted by Crippen LogP contribution is -2.44. The average molecular weight is 268 g/mol. The van der Waals surface area contributed by atoms with Gasteiger partial charge in [-0.25, -0.2) is 0 Å². The van der Waals surface area contributed by atoms with Crippen molar-refractivity contribution in [3.63, 3.8) is 0 Å². The lowest BCUT2D eigenvalue weighted by atomic mass is 10.3. The van der Waals surface area contributed by atoms with Gasteiger partial charge in [-0.2, -0.15) is 0 Å². The standard InChI is InChI=1S/C15H16N4O/c20-15-13-5-6-14(18-9-7-16-8-10-18)19(13)12-4-2-1-3-11(12)17-15/h1-6,16H,7-10H2,(H,17,20). The molecule has 1 aliphatic heterocycles. The molecule has 4 rings (SSSR count). The molecule has 20 heavy (non-hydrogen) atoms. The maximum Gasteiger partial charge on any atom is 0.272 e. The van der Waals surface area contributed by atoms with E-state index in [4.69, 9.17) is 0 Å². The Hall–Kier alpha value is -2.27. The zero-order valence-corrected chi connectivity index (χ0v) is 11.1. The van der Waals surface area contributed by atoms with Crippen molar-refractivity contribution in [1.29, 1.82) is 0 Å². The Balaban J connectivity index is 2.04. The number of fused-ring (bicyclic) bond motifs is 3. The summed E-state index contributed by atoms with van der Waals surface area (Å²) in [5.41, 5.74) is 2.58. The van der Waals surface area contributed by atoms with Crippen LogP contribution in [0.5, 0.6) is 0 Å².